The summed E-state index contributed by atoms with van der Waals surface area (Å²) >= 11 is 0. The fourth-order valence-electron chi connectivity index (χ4n) is 3.48. The zero-order chi connectivity index (χ0) is 22.5. The van der Waals surface area contributed by atoms with E-state index in [9.17, 15) is 18.4 Å². The topological polar surface area (TPSA) is 67.9 Å². The Balaban J connectivity index is 2.08. The predicted octanol–water partition coefficient (Wildman–Crippen LogP) is 4.26. The number of benzene rings is 2. The number of halogens is 2. The van der Waals surface area contributed by atoms with Crippen LogP contribution in [0.1, 0.15) is 31.0 Å². The summed E-state index contributed by atoms with van der Waals surface area (Å²) < 4.78 is 38.1. The number of carbonyl (C=O) groups excluding carboxylic acids is 2. The van der Waals surface area contributed by atoms with E-state index in [4.69, 9.17) is 9.47 Å². The Bertz CT molecular complexity index is 1020. The van der Waals surface area contributed by atoms with E-state index < -0.39 is 29.7 Å². The lowest BCUT2D eigenvalue weighted by molar-refractivity contribution is -0.139. The quantitative estimate of drug-likeness (QED) is 0.667. The number of likely N-dealkylation sites (N-methyl/N-ethyl adjacent to an activating group) is 1. The number of aryl methyl sites for hydroxylation is 1. The van der Waals surface area contributed by atoms with Crippen molar-refractivity contribution in [1.82, 2.24) is 10.2 Å². The standard InChI is InChI=1S/C23H24F2N2O4/c1-4-27-18(13-31-19-10-9-16(24)12-17(19)25)20(22(28)30-5-2)21(26-23(27)29)15-8-6-7-14(3)11-15/h6-12,21H,4-5,13H2,1-3H3,(H,26,29)/t21-/m0/s1. The van der Waals surface area contributed by atoms with Gasteiger partial charge >= 0.3 is 12.0 Å². The molecule has 2 aromatic rings. The van der Waals surface area contributed by atoms with Crippen LogP contribution in [-0.2, 0) is 9.53 Å². The third-order valence-electron chi connectivity index (χ3n) is 4.88. The average Bonchev–Trinajstić information content (AvgIpc) is 2.72. The number of ether oxygens (including phenoxy) is 2. The number of esters is 1. The molecule has 0 spiro atoms. The minimum atomic E-state index is -0.878. The van der Waals surface area contributed by atoms with Gasteiger partial charge in [-0.3, -0.25) is 4.90 Å². The Labute approximate surface area is 179 Å². The summed E-state index contributed by atoms with van der Waals surface area (Å²) in [5.41, 5.74) is 2.13. The highest BCUT2D eigenvalue weighted by Gasteiger charge is 2.38. The van der Waals surface area contributed by atoms with E-state index in [0.717, 1.165) is 17.7 Å². The number of carbonyl (C=O) groups is 2. The zero-order valence-electron chi connectivity index (χ0n) is 17.6. The Morgan fingerprint density at radius 3 is 2.58 bits per heavy atom. The molecule has 164 valence electrons. The summed E-state index contributed by atoms with van der Waals surface area (Å²) in [5, 5.41) is 2.85. The molecule has 0 aromatic heterocycles. The van der Waals surface area contributed by atoms with Gasteiger partial charge in [0.1, 0.15) is 12.4 Å². The molecule has 1 N–H and O–H groups in total. The number of nitrogens with one attached hydrogen (secondary N) is 1. The van der Waals surface area contributed by atoms with Crippen molar-refractivity contribution in [3.8, 4) is 5.75 Å². The van der Waals surface area contributed by atoms with Crippen LogP contribution in [0.4, 0.5) is 13.6 Å². The van der Waals surface area contributed by atoms with Crippen LogP contribution in [-0.4, -0.2) is 36.7 Å². The summed E-state index contributed by atoms with van der Waals surface area (Å²) in [4.78, 5) is 27.1. The van der Waals surface area contributed by atoms with Gasteiger partial charge in [0.2, 0.25) is 0 Å². The second-order valence-corrected chi connectivity index (χ2v) is 6.99. The van der Waals surface area contributed by atoms with Gasteiger partial charge in [0.05, 0.1) is 23.9 Å². The molecule has 2 aromatic carbocycles. The van der Waals surface area contributed by atoms with E-state index in [2.05, 4.69) is 5.32 Å². The van der Waals surface area contributed by atoms with Crippen LogP contribution in [0.2, 0.25) is 0 Å². The van der Waals surface area contributed by atoms with Gasteiger partial charge in [0, 0.05) is 12.6 Å². The van der Waals surface area contributed by atoms with Crippen molar-refractivity contribution in [3.63, 3.8) is 0 Å². The molecule has 0 radical (unpaired) electrons. The summed E-state index contributed by atoms with van der Waals surface area (Å²) in [5.74, 6) is -2.41. The van der Waals surface area contributed by atoms with E-state index in [-0.39, 0.29) is 36.8 Å². The smallest absolute Gasteiger partial charge is 0.338 e. The van der Waals surface area contributed by atoms with Gasteiger partial charge in [-0.15, -0.1) is 0 Å². The van der Waals surface area contributed by atoms with E-state index in [1.807, 2.05) is 25.1 Å². The molecule has 0 aliphatic carbocycles. The molecule has 0 saturated heterocycles. The maximum Gasteiger partial charge on any atom is 0.338 e. The number of hydrogen-bond donors (Lipinski definition) is 1. The molecular weight excluding hydrogens is 406 g/mol. The molecule has 0 bridgehead atoms. The third-order valence-corrected chi connectivity index (χ3v) is 4.88. The Morgan fingerprint density at radius 1 is 1.16 bits per heavy atom. The first-order chi connectivity index (χ1) is 14.8. The minimum absolute atomic E-state index is 0.143. The molecule has 6 nitrogen and oxygen atoms in total. The molecule has 8 heteroatoms. The van der Waals surface area contributed by atoms with Crippen LogP contribution in [0.5, 0.6) is 5.75 Å². The highest BCUT2D eigenvalue weighted by Crippen LogP contribution is 2.32. The second-order valence-electron chi connectivity index (χ2n) is 6.99. The maximum atomic E-state index is 14.1. The van der Waals surface area contributed by atoms with Gasteiger partial charge in [0.25, 0.3) is 0 Å². The molecule has 31 heavy (non-hydrogen) atoms. The van der Waals surface area contributed by atoms with Crippen molar-refractivity contribution < 1.29 is 27.8 Å². The molecule has 2 amide bonds. The average molecular weight is 430 g/mol. The molecule has 1 aliphatic heterocycles. The Kier molecular flexibility index (Phi) is 6.89. The van der Waals surface area contributed by atoms with Crippen LogP contribution in [0.25, 0.3) is 0 Å². The number of hydrogen-bond acceptors (Lipinski definition) is 4. The summed E-state index contributed by atoms with van der Waals surface area (Å²) in [6, 6.07) is 9.16. The van der Waals surface area contributed by atoms with E-state index >= 15 is 0 Å². The van der Waals surface area contributed by atoms with Gasteiger partial charge in [-0.25, -0.2) is 18.4 Å². The molecule has 1 atom stereocenters. The van der Waals surface area contributed by atoms with Gasteiger partial charge in [-0.1, -0.05) is 29.8 Å². The van der Waals surface area contributed by atoms with Gasteiger partial charge < -0.3 is 14.8 Å². The molecule has 0 unspecified atom stereocenters. The lowest BCUT2D eigenvalue weighted by Crippen LogP contribution is -2.49. The lowest BCUT2D eigenvalue weighted by atomic mass is 9.93. The third kappa shape index (κ3) is 4.84. The van der Waals surface area contributed by atoms with Crippen LogP contribution in [0.15, 0.2) is 53.7 Å². The largest absolute Gasteiger partial charge is 0.484 e. The summed E-state index contributed by atoms with van der Waals surface area (Å²) in [7, 11) is 0. The fraction of sp³-hybridized carbons (Fsp3) is 0.304. The van der Waals surface area contributed by atoms with E-state index in [0.29, 0.717) is 11.6 Å². The first-order valence-electron chi connectivity index (χ1n) is 9.98. The number of urea groups is 1. The highest BCUT2D eigenvalue weighted by molar-refractivity contribution is 5.95. The predicted molar refractivity (Wildman–Crippen MR) is 110 cm³/mol. The number of nitrogens with zero attached hydrogens (tertiary/aromatic N) is 1. The molecule has 1 aliphatic rings. The van der Waals surface area contributed by atoms with Crippen LogP contribution < -0.4 is 10.1 Å². The normalized spacial score (nSPS) is 16.2. The number of amides is 2. The first-order valence-corrected chi connectivity index (χ1v) is 9.98. The van der Waals surface area contributed by atoms with Crippen molar-refractivity contribution in [3.05, 3.63) is 76.5 Å². The first kappa shape index (κ1) is 22.3. The second kappa shape index (κ2) is 9.59. The van der Waals surface area contributed by atoms with Crippen molar-refractivity contribution in [1.29, 1.82) is 0 Å². The number of rotatable bonds is 7. The van der Waals surface area contributed by atoms with E-state index in [1.54, 1.807) is 19.9 Å². The van der Waals surface area contributed by atoms with Crippen LogP contribution >= 0.6 is 0 Å². The molecule has 3 rings (SSSR count). The Morgan fingerprint density at radius 2 is 1.94 bits per heavy atom. The van der Waals surface area contributed by atoms with Gasteiger partial charge in [0.15, 0.2) is 11.6 Å². The monoisotopic (exact) mass is 430 g/mol. The summed E-state index contributed by atoms with van der Waals surface area (Å²) in [6.45, 7) is 5.45. The zero-order valence-corrected chi connectivity index (χ0v) is 17.6. The minimum Gasteiger partial charge on any atom is -0.484 e. The van der Waals surface area contributed by atoms with Crippen molar-refractivity contribution in [2.24, 2.45) is 0 Å². The summed E-state index contributed by atoms with van der Waals surface area (Å²) in [6.07, 6.45) is 0. The molecular formula is C23H24F2N2O4. The van der Waals surface area contributed by atoms with Crippen molar-refractivity contribution in [2.75, 3.05) is 19.8 Å². The SMILES string of the molecule is CCOC(=O)C1=C(COc2ccc(F)cc2F)N(CC)C(=O)N[C@H]1c1cccc(C)c1. The molecule has 0 saturated carbocycles. The van der Waals surface area contributed by atoms with Crippen molar-refractivity contribution >= 4 is 12.0 Å². The molecule has 0 fully saturated rings. The Hall–Kier alpha value is -3.42. The fourth-order valence-corrected chi connectivity index (χ4v) is 3.48. The van der Waals surface area contributed by atoms with Gasteiger partial charge in [-0.2, -0.15) is 0 Å². The van der Waals surface area contributed by atoms with Gasteiger partial charge in [-0.05, 0) is 38.5 Å². The highest BCUT2D eigenvalue weighted by atomic mass is 19.1. The molecule has 1 heterocycles. The van der Waals surface area contributed by atoms with Crippen LogP contribution in [0.3, 0.4) is 0 Å². The van der Waals surface area contributed by atoms with Crippen LogP contribution in [0, 0.1) is 18.6 Å². The van der Waals surface area contributed by atoms with E-state index in [1.165, 1.54) is 4.90 Å². The maximum absolute atomic E-state index is 14.1. The van der Waals surface area contributed by atoms with Crippen molar-refractivity contribution in [2.45, 2.75) is 26.8 Å². The lowest BCUT2D eigenvalue weighted by Gasteiger charge is -2.36.